The maximum absolute atomic E-state index is 4.55. The molecule has 1 aliphatic rings. The van der Waals surface area contributed by atoms with Crippen molar-refractivity contribution in [2.24, 2.45) is 0 Å². The summed E-state index contributed by atoms with van der Waals surface area (Å²) < 4.78 is 2.17. The molecule has 6 heteroatoms. The van der Waals surface area contributed by atoms with Crippen LogP contribution < -0.4 is 10.2 Å². The van der Waals surface area contributed by atoms with Gasteiger partial charge in [-0.2, -0.15) is 0 Å². The van der Waals surface area contributed by atoms with E-state index >= 15 is 0 Å². The van der Waals surface area contributed by atoms with Gasteiger partial charge in [0.2, 0.25) is 0 Å². The lowest BCUT2D eigenvalue weighted by Gasteiger charge is -2.28. The number of imidazole rings is 1. The monoisotopic (exact) mass is 291 g/mol. The second kappa shape index (κ2) is 6.45. The predicted octanol–water partition coefficient (Wildman–Crippen LogP) is 2.03. The number of anilines is 1. The summed E-state index contributed by atoms with van der Waals surface area (Å²) >= 11 is 1.88. The Balaban J connectivity index is 1.82. The van der Waals surface area contributed by atoms with Crippen molar-refractivity contribution in [2.45, 2.75) is 24.8 Å². The number of piperazine rings is 1. The summed E-state index contributed by atoms with van der Waals surface area (Å²) in [6.07, 6.45) is 8.44. The fourth-order valence-corrected chi connectivity index (χ4v) is 3.40. The van der Waals surface area contributed by atoms with Crippen LogP contribution in [0.25, 0.3) is 5.65 Å². The van der Waals surface area contributed by atoms with Gasteiger partial charge in [-0.25, -0.2) is 9.97 Å². The van der Waals surface area contributed by atoms with Gasteiger partial charge in [-0.1, -0.05) is 13.3 Å². The maximum atomic E-state index is 4.55. The van der Waals surface area contributed by atoms with Crippen LogP contribution in [0.1, 0.15) is 19.8 Å². The summed E-state index contributed by atoms with van der Waals surface area (Å²) in [5.41, 5.74) is 0.933. The zero-order valence-corrected chi connectivity index (χ0v) is 12.7. The number of rotatable bonds is 5. The van der Waals surface area contributed by atoms with E-state index in [2.05, 4.69) is 37.7 Å². The molecule has 0 atom stereocenters. The molecule has 1 aliphatic heterocycles. The number of fused-ring (bicyclic) bond motifs is 1. The van der Waals surface area contributed by atoms with Crippen LogP contribution in [-0.2, 0) is 0 Å². The van der Waals surface area contributed by atoms with E-state index in [9.17, 15) is 0 Å². The molecule has 0 bridgehead atoms. The first-order valence-electron chi connectivity index (χ1n) is 7.30. The van der Waals surface area contributed by atoms with E-state index in [0.29, 0.717) is 0 Å². The van der Waals surface area contributed by atoms with Gasteiger partial charge in [0.25, 0.3) is 0 Å². The zero-order chi connectivity index (χ0) is 13.8. The fraction of sp³-hybridized carbons (Fsp3) is 0.571. The van der Waals surface area contributed by atoms with E-state index in [0.717, 1.165) is 43.4 Å². The van der Waals surface area contributed by atoms with Crippen LogP contribution in [0, 0.1) is 0 Å². The molecule has 3 heterocycles. The highest BCUT2D eigenvalue weighted by Gasteiger charge is 2.13. The van der Waals surface area contributed by atoms with Gasteiger partial charge in [0, 0.05) is 26.2 Å². The van der Waals surface area contributed by atoms with Crippen LogP contribution in [0.5, 0.6) is 0 Å². The Morgan fingerprint density at radius 1 is 1.25 bits per heavy atom. The summed E-state index contributed by atoms with van der Waals surface area (Å²) in [5, 5.41) is 4.58. The van der Waals surface area contributed by atoms with Gasteiger partial charge in [-0.05, 0) is 12.2 Å². The van der Waals surface area contributed by atoms with Gasteiger partial charge in [0.15, 0.2) is 5.65 Å². The first-order valence-corrected chi connectivity index (χ1v) is 8.28. The summed E-state index contributed by atoms with van der Waals surface area (Å²) in [7, 11) is 0. The molecule has 5 nitrogen and oxygen atoms in total. The smallest absolute Gasteiger partial charge is 0.156 e. The Morgan fingerprint density at radius 3 is 2.90 bits per heavy atom. The molecule has 108 valence electrons. The van der Waals surface area contributed by atoms with Crippen LogP contribution in [-0.4, -0.2) is 46.3 Å². The summed E-state index contributed by atoms with van der Waals surface area (Å²) in [6, 6.07) is 0. The van der Waals surface area contributed by atoms with Crippen molar-refractivity contribution in [3.8, 4) is 0 Å². The number of thioether (sulfide) groups is 1. The molecular formula is C14H21N5S. The Bertz CT molecular complexity index is 562. The third-order valence-corrected chi connectivity index (χ3v) is 4.63. The molecule has 1 N–H and O–H groups in total. The second-order valence-corrected chi connectivity index (χ2v) is 6.12. The minimum absolute atomic E-state index is 0.933. The number of nitrogens with zero attached hydrogens (tertiary/aromatic N) is 4. The molecule has 0 radical (unpaired) electrons. The summed E-state index contributed by atoms with van der Waals surface area (Å²) in [5.74, 6) is 2.20. The molecule has 0 saturated carbocycles. The van der Waals surface area contributed by atoms with Crippen molar-refractivity contribution < 1.29 is 0 Å². The van der Waals surface area contributed by atoms with Crippen LogP contribution in [0.3, 0.4) is 0 Å². The quantitative estimate of drug-likeness (QED) is 0.674. The molecule has 0 spiro atoms. The number of hydrogen-bond donors (Lipinski definition) is 1. The zero-order valence-electron chi connectivity index (χ0n) is 11.9. The Hall–Kier alpha value is -1.27. The van der Waals surface area contributed by atoms with Crippen LogP contribution in [0.2, 0.25) is 0 Å². The highest BCUT2D eigenvalue weighted by molar-refractivity contribution is 7.99. The third kappa shape index (κ3) is 2.91. The maximum Gasteiger partial charge on any atom is 0.156 e. The number of aromatic nitrogens is 3. The van der Waals surface area contributed by atoms with E-state index in [1.165, 1.54) is 17.9 Å². The molecule has 3 rings (SSSR count). The molecule has 0 unspecified atom stereocenters. The minimum atomic E-state index is 0.933. The van der Waals surface area contributed by atoms with Gasteiger partial charge in [0.05, 0.1) is 23.6 Å². The molecule has 0 amide bonds. The van der Waals surface area contributed by atoms with Crippen LogP contribution in [0.4, 0.5) is 5.82 Å². The van der Waals surface area contributed by atoms with Gasteiger partial charge < -0.3 is 10.2 Å². The standard InChI is InChI=1S/C14H21N5S/c1-2-3-8-20-14-10-17-12-9-16-13(11-19(12)14)18-6-4-15-5-7-18/h9-11,15H,2-8H2,1H3. The van der Waals surface area contributed by atoms with E-state index in [4.69, 9.17) is 0 Å². The van der Waals surface area contributed by atoms with Crippen LogP contribution >= 0.6 is 11.8 Å². The SMILES string of the molecule is CCCCSc1cnc2cnc(N3CCNCC3)cn12. The van der Waals surface area contributed by atoms with E-state index in [-0.39, 0.29) is 0 Å². The second-order valence-electron chi connectivity index (χ2n) is 5.01. The molecule has 2 aromatic rings. The van der Waals surface area contributed by atoms with Crippen molar-refractivity contribution in [3.63, 3.8) is 0 Å². The molecule has 0 aromatic carbocycles. The summed E-state index contributed by atoms with van der Waals surface area (Å²) in [4.78, 5) is 11.3. The van der Waals surface area contributed by atoms with E-state index in [1.54, 1.807) is 0 Å². The van der Waals surface area contributed by atoms with Crippen molar-refractivity contribution in [2.75, 3.05) is 36.8 Å². The number of hydrogen-bond acceptors (Lipinski definition) is 5. The Kier molecular flexibility index (Phi) is 4.42. The number of nitrogens with one attached hydrogen (secondary N) is 1. The van der Waals surface area contributed by atoms with Gasteiger partial charge in [0.1, 0.15) is 5.82 Å². The fourth-order valence-electron chi connectivity index (χ4n) is 2.34. The Morgan fingerprint density at radius 2 is 2.10 bits per heavy atom. The third-order valence-electron chi connectivity index (χ3n) is 3.54. The molecule has 1 saturated heterocycles. The van der Waals surface area contributed by atoms with Crippen molar-refractivity contribution in [1.29, 1.82) is 0 Å². The molecule has 0 aliphatic carbocycles. The van der Waals surface area contributed by atoms with Crippen molar-refractivity contribution in [1.82, 2.24) is 19.7 Å². The van der Waals surface area contributed by atoms with E-state index in [1.807, 2.05) is 24.2 Å². The highest BCUT2D eigenvalue weighted by Crippen LogP contribution is 2.22. The van der Waals surface area contributed by atoms with Gasteiger partial charge >= 0.3 is 0 Å². The van der Waals surface area contributed by atoms with E-state index < -0.39 is 0 Å². The molecule has 1 fully saturated rings. The van der Waals surface area contributed by atoms with Crippen molar-refractivity contribution in [3.05, 3.63) is 18.6 Å². The normalized spacial score (nSPS) is 15.9. The lowest BCUT2D eigenvalue weighted by Crippen LogP contribution is -2.43. The number of unbranched alkanes of at least 4 members (excludes halogenated alkanes) is 1. The Labute approximate surface area is 123 Å². The predicted molar refractivity (Wildman–Crippen MR) is 83.7 cm³/mol. The lowest BCUT2D eigenvalue weighted by molar-refractivity contribution is 0.584. The van der Waals surface area contributed by atoms with Crippen molar-refractivity contribution >= 4 is 23.2 Å². The minimum Gasteiger partial charge on any atom is -0.353 e. The highest BCUT2D eigenvalue weighted by atomic mass is 32.2. The summed E-state index contributed by atoms with van der Waals surface area (Å²) in [6.45, 7) is 6.32. The molecule has 20 heavy (non-hydrogen) atoms. The molecular weight excluding hydrogens is 270 g/mol. The first kappa shape index (κ1) is 13.7. The van der Waals surface area contributed by atoms with Gasteiger partial charge in [-0.3, -0.25) is 4.40 Å². The van der Waals surface area contributed by atoms with Gasteiger partial charge in [-0.15, -0.1) is 11.8 Å². The average Bonchev–Trinajstić information content (AvgIpc) is 2.91. The average molecular weight is 291 g/mol. The first-order chi connectivity index (χ1) is 9.88. The molecule has 2 aromatic heterocycles. The lowest BCUT2D eigenvalue weighted by atomic mass is 10.3. The topological polar surface area (TPSA) is 45.5 Å². The largest absolute Gasteiger partial charge is 0.353 e. The van der Waals surface area contributed by atoms with Crippen LogP contribution in [0.15, 0.2) is 23.6 Å².